The van der Waals surface area contributed by atoms with Crippen LogP contribution in [0, 0.1) is 22.5 Å². The molecule has 0 spiro atoms. The number of methoxy groups -OCH3 is 2. The molecular formula is C50H54Cl2F2N2O10. The highest BCUT2D eigenvalue weighted by atomic mass is 35.5. The molecule has 66 heavy (non-hydrogen) atoms. The summed E-state index contributed by atoms with van der Waals surface area (Å²) < 4.78 is 47.8. The molecule has 12 nitrogen and oxygen atoms in total. The lowest BCUT2D eigenvalue weighted by atomic mass is 9.76. The van der Waals surface area contributed by atoms with E-state index in [1.807, 2.05) is 41.5 Å². The second-order valence-corrected chi connectivity index (χ2v) is 18.7. The molecule has 0 amide bonds. The molecule has 6 aromatic rings. The molecule has 4 heterocycles. The molecule has 2 atom stereocenters. The number of carboxylic acids is 1. The van der Waals surface area contributed by atoms with Gasteiger partial charge in [0.25, 0.3) is 11.1 Å². The van der Waals surface area contributed by atoms with Gasteiger partial charge in [0.2, 0.25) is 0 Å². The summed E-state index contributed by atoms with van der Waals surface area (Å²) in [4.78, 5) is 50.9. The number of rotatable bonds is 13. The summed E-state index contributed by atoms with van der Waals surface area (Å²) in [6.07, 6.45) is 3.30. The number of nitrogens with zero attached hydrogens (tertiary/aromatic N) is 2. The van der Waals surface area contributed by atoms with Crippen molar-refractivity contribution >= 4 is 46.2 Å². The maximum Gasteiger partial charge on any atom is 0.343 e. The van der Waals surface area contributed by atoms with Crippen LogP contribution in [0.5, 0.6) is 11.5 Å². The van der Waals surface area contributed by atoms with Crippen molar-refractivity contribution in [1.82, 2.24) is 8.80 Å². The molecule has 0 aliphatic carbocycles. The van der Waals surface area contributed by atoms with Gasteiger partial charge in [0.15, 0.2) is 0 Å². The largest absolute Gasteiger partial charge is 0.495 e. The van der Waals surface area contributed by atoms with Crippen LogP contribution >= 0.6 is 23.2 Å². The number of carbonyl (C=O) groups excluding carboxylic acids is 1. The number of aliphatic hydroxyl groups is 2. The van der Waals surface area contributed by atoms with Gasteiger partial charge in [-0.1, -0.05) is 89.0 Å². The number of ether oxygens (including phenoxy) is 3. The third kappa shape index (κ3) is 10.7. The van der Waals surface area contributed by atoms with Gasteiger partial charge in [-0.05, 0) is 87.5 Å². The Kier molecular flexibility index (Phi) is 16.1. The van der Waals surface area contributed by atoms with E-state index < -0.39 is 62.9 Å². The van der Waals surface area contributed by atoms with E-state index in [4.69, 9.17) is 37.4 Å². The predicted octanol–water partition coefficient (Wildman–Crippen LogP) is 9.50. The first-order chi connectivity index (χ1) is 31.0. The fourth-order valence-corrected chi connectivity index (χ4v) is 8.38. The topological polar surface area (TPSA) is 165 Å². The number of aliphatic hydroxyl groups excluding tert-OH is 2. The Morgan fingerprint density at radius 1 is 0.682 bits per heavy atom. The summed E-state index contributed by atoms with van der Waals surface area (Å²) in [6.45, 7) is 12.9. The number of hydrogen-bond acceptors (Lipinski definition) is 9. The van der Waals surface area contributed by atoms with Gasteiger partial charge in [-0.25, -0.2) is 18.4 Å². The van der Waals surface area contributed by atoms with E-state index in [1.165, 1.54) is 53.5 Å². The number of esters is 1. The summed E-state index contributed by atoms with van der Waals surface area (Å²) in [6, 6.07) is 15.6. The number of aromatic carboxylic acids is 1. The Hall–Kier alpha value is -5.80. The molecule has 0 saturated heterocycles. The van der Waals surface area contributed by atoms with Crippen LogP contribution in [-0.2, 0) is 17.6 Å². The molecule has 4 aromatic heterocycles. The number of carbonyl (C=O) groups is 2. The first kappa shape index (κ1) is 51.2. The minimum absolute atomic E-state index is 0.00488. The first-order valence-electron chi connectivity index (χ1n) is 21.0. The lowest BCUT2D eigenvalue weighted by Gasteiger charge is -2.31. The van der Waals surface area contributed by atoms with Crippen LogP contribution in [0.4, 0.5) is 8.78 Å². The maximum atomic E-state index is 14.5. The molecule has 0 fully saturated rings. The van der Waals surface area contributed by atoms with E-state index in [0.717, 1.165) is 0 Å². The van der Waals surface area contributed by atoms with Crippen LogP contribution in [0.15, 0.2) is 82.6 Å². The number of hydrogen-bond donors (Lipinski definition) is 3. The van der Waals surface area contributed by atoms with E-state index in [0.29, 0.717) is 55.9 Å². The van der Waals surface area contributed by atoms with Gasteiger partial charge < -0.3 is 29.5 Å². The number of aromatic nitrogens is 2. The van der Waals surface area contributed by atoms with Crippen LogP contribution in [-0.4, -0.2) is 70.1 Å². The van der Waals surface area contributed by atoms with Gasteiger partial charge in [0.1, 0.15) is 34.3 Å². The van der Waals surface area contributed by atoms with Crippen LogP contribution < -0.4 is 20.6 Å². The Balaban J connectivity index is 0.000000248. The molecule has 0 unspecified atom stereocenters. The van der Waals surface area contributed by atoms with Gasteiger partial charge in [-0.3, -0.25) is 18.4 Å². The van der Waals surface area contributed by atoms with Crippen LogP contribution in [0.3, 0.4) is 0 Å². The lowest BCUT2D eigenvalue weighted by molar-refractivity contribution is 0.0522. The molecule has 3 N–H and O–H groups in total. The lowest BCUT2D eigenvalue weighted by Crippen LogP contribution is -2.29. The highest BCUT2D eigenvalue weighted by molar-refractivity contribution is 6.31. The second kappa shape index (κ2) is 20.8. The highest BCUT2D eigenvalue weighted by Crippen LogP contribution is 2.41. The molecule has 0 saturated carbocycles. The summed E-state index contributed by atoms with van der Waals surface area (Å²) in [5.74, 6) is -3.43. The zero-order valence-corrected chi connectivity index (χ0v) is 39.7. The van der Waals surface area contributed by atoms with Gasteiger partial charge in [-0.2, -0.15) is 0 Å². The van der Waals surface area contributed by atoms with Gasteiger partial charge in [-0.15, -0.1) is 0 Å². The summed E-state index contributed by atoms with van der Waals surface area (Å²) in [5.41, 5.74) is 0.916. The first-order valence-corrected chi connectivity index (χ1v) is 21.8. The quantitative estimate of drug-likeness (QED) is 0.0950. The van der Waals surface area contributed by atoms with Gasteiger partial charge in [0.05, 0.1) is 55.1 Å². The normalized spacial score (nSPS) is 12.7. The Morgan fingerprint density at radius 2 is 1.08 bits per heavy atom. The van der Waals surface area contributed by atoms with Crippen molar-refractivity contribution in [2.75, 3.05) is 34.0 Å². The van der Waals surface area contributed by atoms with Gasteiger partial charge in [0, 0.05) is 37.1 Å². The zero-order valence-electron chi connectivity index (χ0n) is 38.2. The van der Waals surface area contributed by atoms with E-state index in [9.17, 15) is 43.3 Å². The van der Waals surface area contributed by atoms with Crippen LogP contribution in [0.25, 0.3) is 11.0 Å². The van der Waals surface area contributed by atoms with E-state index >= 15 is 0 Å². The standard InChI is InChI=1S/C26H29ClFNO5.C24H25ClFNO5/c1-6-34-25(32)18-12-17(19(14-30)26(2,3)4)23-21(33-5)11-15(13-29(23)24(18)31)10-16-8-7-9-20(27)22(16)28;1-24(2,3)17(12-28)15-10-16(23(30)31)22(29)27-11-13(9-19(32-4)21(15)27)8-14-6-5-7-18(25)20(14)26/h7-9,11-13,19,30H,6,10,14H2,1-5H3;5-7,9-11,17,28H,8,12H2,1-4H3,(H,30,31)/t19-;17-/m00/s1. The fourth-order valence-electron chi connectivity index (χ4n) is 7.99. The molecule has 0 aliphatic heterocycles. The van der Waals surface area contributed by atoms with Crippen molar-refractivity contribution < 1.29 is 47.9 Å². The van der Waals surface area contributed by atoms with E-state index in [-0.39, 0.29) is 48.3 Å². The number of carboxylic acid groups (broad SMARTS) is 1. The smallest absolute Gasteiger partial charge is 0.343 e. The van der Waals surface area contributed by atoms with Crippen LogP contribution in [0.2, 0.25) is 10.0 Å². The molecule has 16 heteroatoms. The summed E-state index contributed by atoms with van der Waals surface area (Å²) in [5, 5.41) is 30.0. The number of benzene rings is 2. The average Bonchev–Trinajstić information content (AvgIpc) is 3.25. The zero-order chi connectivity index (χ0) is 49.0. The minimum atomic E-state index is -1.37. The van der Waals surface area contributed by atoms with Gasteiger partial charge >= 0.3 is 11.9 Å². The molecular weight excluding hydrogens is 897 g/mol. The average molecular weight is 952 g/mol. The molecule has 0 radical (unpaired) electrons. The van der Waals surface area contributed by atoms with E-state index in [2.05, 4.69) is 0 Å². The monoisotopic (exact) mass is 950 g/mol. The van der Waals surface area contributed by atoms with Crippen molar-refractivity contribution in [1.29, 1.82) is 0 Å². The van der Waals surface area contributed by atoms with Crippen molar-refractivity contribution in [2.45, 2.75) is 73.1 Å². The van der Waals surface area contributed by atoms with Crippen molar-refractivity contribution in [3.05, 3.63) is 160 Å². The third-order valence-corrected chi connectivity index (χ3v) is 12.0. The molecule has 2 aromatic carbocycles. The molecule has 352 valence electrons. The molecule has 0 bridgehead atoms. The Bertz CT molecular complexity index is 2920. The number of halogens is 4. The molecule has 6 rings (SSSR count). The summed E-state index contributed by atoms with van der Waals surface area (Å²) in [7, 11) is 2.90. The van der Waals surface area contributed by atoms with E-state index in [1.54, 1.807) is 49.5 Å². The van der Waals surface area contributed by atoms with Crippen molar-refractivity contribution in [2.24, 2.45) is 10.8 Å². The fraction of sp³-hybridized carbons (Fsp3) is 0.360. The molecule has 0 aliphatic rings. The second-order valence-electron chi connectivity index (χ2n) is 17.9. The Morgan fingerprint density at radius 3 is 1.42 bits per heavy atom. The third-order valence-electron chi connectivity index (χ3n) is 11.4. The Labute approximate surface area is 390 Å². The number of pyridine rings is 4. The minimum Gasteiger partial charge on any atom is -0.495 e. The predicted molar refractivity (Wildman–Crippen MR) is 250 cm³/mol. The number of fused-ring (bicyclic) bond motifs is 2. The van der Waals surface area contributed by atoms with Crippen LogP contribution in [0.1, 0.15) is 114 Å². The van der Waals surface area contributed by atoms with Crippen molar-refractivity contribution in [3.8, 4) is 11.5 Å². The van der Waals surface area contributed by atoms with Crippen molar-refractivity contribution in [3.63, 3.8) is 0 Å². The summed E-state index contributed by atoms with van der Waals surface area (Å²) >= 11 is 11.8. The highest BCUT2D eigenvalue weighted by Gasteiger charge is 2.33. The maximum absolute atomic E-state index is 14.5. The SMILES string of the molecule is CCOC(=O)c1cc([C@H](CO)C(C)(C)C)c2c(OC)cc(Cc3cccc(Cl)c3F)cn2c1=O.COc1cc(Cc2cccc(Cl)c2F)cn2c(=O)c(C(=O)O)cc([C@H](CO)C(C)(C)C)c12.